The molecule has 2 N–H and O–H groups in total. The number of piperazine rings is 1. The molecule has 2 rings (SSSR count). The Bertz CT molecular complexity index is 616. The number of likely N-dealkylation sites (N-methyl/N-ethyl adjacent to an activating group) is 1. The van der Waals surface area contributed by atoms with Crippen LogP contribution in [0.2, 0.25) is 5.02 Å². The van der Waals surface area contributed by atoms with Gasteiger partial charge in [0.2, 0.25) is 10.0 Å². The van der Waals surface area contributed by atoms with Crippen LogP contribution in [0.15, 0.2) is 17.0 Å². The molecule has 1 heterocycles. The van der Waals surface area contributed by atoms with E-state index in [0.717, 1.165) is 12.6 Å². The predicted octanol–water partition coefficient (Wildman–Crippen LogP) is 1.26. The molecule has 0 spiro atoms. The molecule has 1 aliphatic rings. The molecule has 1 saturated heterocycles. The van der Waals surface area contributed by atoms with Gasteiger partial charge in [-0.3, -0.25) is 0 Å². The van der Waals surface area contributed by atoms with Crippen LogP contribution in [0, 0.1) is 5.82 Å². The molecule has 0 amide bonds. The maximum Gasteiger partial charge on any atom is 0.246 e. The van der Waals surface area contributed by atoms with Gasteiger partial charge < -0.3 is 10.6 Å². The fourth-order valence-corrected chi connectivity index (χ4v) is 4.24. The van der Waals surface area contributed by atoms with Gasteiger partial charge in [-0.15, -0.1) is 0 Å². The lowest BCUT2D eigenvalue weighted by molar-refractivity contribution is 0.196. The first-order chi connectivity index (χ1) is 9.90. The number of hydrogen-bond acceptors (Lipinski definition) is 4. The van der Waals surface area contributed by atoms with Crippen molar-refractivity contribution < 1.29 is 12.8 Å². The van der Waals surface area contributed by atoms with Crippen molar-refractivity contribution in [2.24, 2.45) is 5.73 Å². The minimum atomic E-state index is -3.89. The van der Waals surface area contributed by atoms with Crippen LogP contribution in [-0.4, -0.2) is 50.3 Å². The molecule has 21 heavy (non-hydrogen) atoms. The third-order valence-electron chi connectivity index (χ3n) is 3.70. The van der Waals surface area contributed by atoms with Gasteiger partial charge in [0.25, 0.3) is 0 Å². The van der Waals surface area contributed by atoms with Crippen LogP contribution in [0.25, 0.3) is 0 Å². The molecule has 0 unspecified atom stereocenters. The van der Waals surface area contributed by atoms with Gasteiger partial charge >= 0.3 is 0 Å². The third kappa shape index (κ3) is 3.37. The fourth-order valence-electron chi connectivity index (χ4n) is 2.38. The Morgan fingerprint density at radius 3 is 2.43 bits per heavy atom. The second-order valence-corrected chi connectivity index (χ2v) is 7.26. The lowest BCUT2D eigenvalue weighted by Crippen LogP contribution is -2.48. The standard InChI is InChI=1S/C13H19ClFN3O2S/c1-2-17-3-5-18(6-4-17)21(19,20)12-8-11(14)7-10(9-16)13(12)15/h7-8H,2-6,9,16H2,1H3. The number of nitrogens with two attached hydrogens (primary N) is 1. The van der Waals surface area contributed by atoms with E-state index in [0.29, 0.717) is 26.2 Å². The van der Waals surface area contributed by atoms with E-state index in [4.69, 9.17) is 17.3 Å². The van der Waals surface area contributed by atoms with Crippen LogP contribution in [0.1, 0.15) is 12.5 Å². The molecule has 0 saturated carbocycles. The van der Waals surface area contributed by atoms with Gasteiger partial charge in [0.1, 0.15) is 10.7 Å². The molecule has 5 nitrogen and oxygen atoms in total. The number of halogens is 2. The van der Waals surface area contributed by atoms with Crippen LogP contribution < -0.4 is 5.73 Å². The van der Waals surface area contributed by atoms with Crippen molar-refractivity contribution in [2.45, 2.75) is 18.4 Å². The van der Waals surface area contributed by atoms with E-state index in [-0.39, 0.29) is 22.0 Å². The first-order valence-corrected chi connectivity index (χ1v) is 8.62. The lowest BCUT2D eigenvalue weighted by Gasteiger charge is -2.33. The molecule has 0 aliphatic carbocycles. The number of sulfonamides is 1. The average Bonchev–Trinajstić information content (AvgIpc) is 2.49. The summed E-state index contributed by atoms with van der Waals surface area (Å²) >= 11 is 5.88. The molecule has 118 valence electrons. The Labute approximate surface area is 129 Å². The Kier molecular flexibility index (Phi) is 5.21. The highest BCUT2D eigenvalue weighted by Gasteiger charge is 2.31. The molecule has 1 aliphatic heterocycles. The van der Waals surface area contributed by atoms with Gasteiger partial charge in [0, 0.05) is 43.3 Å². The summed E-state index contributed by atoms with van der Waals surface area (Å²) in [4.78, 5) is 1.76. The highest BCUT2D eigenvalue weighted by atomic mass is 35.5. The summed E-state index contributed by atoms with van der Waals surface area (Å²) in [6.07, 6.45) is 0. The molecule has 8 heteroatoms. The molecule has 0 atom stereocenters. The molecular weight excluding hydrogens is 317 g/mol. The average molecular weight is 336 g/mol. The van der Waals surface area contributed by atoms with Crippen LogP contribution in [-0.2, 0) is 16.6 Å². The Morgan fingerprint density at radius 2 is 1.90 bits per heavy atom. The zero-order chi connectivity index (χ0) is 15.6. The van der Waals surface area contributed by atoms with Crippen LogP contribution >= 0.6 is 11.6 Å². The summed E-state index contributed by atoms with van der Waals surface area (Å²) in [6, 6.07) is 2.50. The SMILES string of the molecule is CCN1CCN(S(=O)(=O)c2cc(Cl)cc(CN)c2F)CC1. The van der Waals surface area contributed by atoms with Crippen molar-refractivity contribution in [3.63, 3.8) is 0 Å². The summed E-state index contributed by atoms with van der Waals surface area (Å²) in [5.74, 6) is -0.806. The van der Waals surface area contributed by atoms with E-state index in [1.165, 1.54) is 10.4 Å². The quantitative estimate of drug-likeness (QED) is 0.899. The van der Waals surface area contributed by atoms with E-state index in [1.54, 1.807) is 0 Å². The van der Waals surface area contributed by atoms with Crippen LogP contribution in [0.4, 0.5) is 4.39 Å². The van der Waals surface area contributed by atoms with Crippen LogP contribution in [0.3, 0.4) is 0 Å². The van der Waals surface area contributed by atoms with Gasteiger partial charge in [-0.05, 0) is 18.7 Å². The van der Waals surface area contributed by atoms with E-state index >= 15 is 0 Å². The van der Waals surface area contributed by atoms with E-state index in [9.17, 15) is 12.8 Å². The minimum absolute atomic E-state index is 0.0987. The second kappa shape index (κ2) is 6.58. The van der Waals surface area contributed by atoms with E-state index in [2.05, 4.69) is 4.90 Å². The molecule has 1 fully saturated rings. The van der Waals surface area contributed by atoms with Gasteiger partial charge in [-0.2, -0.15) is 4.31 Å². The van der Waals surface area contributed by atoms with E-state index < -0.39 is 15.8 Å². The summed E-state index contributed by atoms with van der Waals surface area (Å²) in [7, 11) is -3.89. The molecular formula is C13H19ClFN3O2S. The molecule has 0 radical (unpaired) electrons. The molecule has 0 bridgehead atoms. The largest absolute Gasteiger partial charge is 0.326 e. The Hall–Kier alpha value is -0.730. The smallest absolute Gasteiger partial charge is 0.246 e. The summed E-state index contributed by atoms with van der Waals surface area (Å²) in [6.45, 7) is 4.77. The van der Waals surface area contributed by atoms with Gasteiger partial charge in [-0.1, -0.05) is 18.5 Å². The Morgan fingerprint density at radius 1 is 1.29 bits per heavy atom. The molecule has 1 aromatic rings. The number of rotatable bonds is 4. The van der Waals surface area contributed by atoms with Crippen molar-refractivity contribution in [1.82, 2.24) is 9.21 Å². The zero-order valence-corrected chi connectivity index (χ0v) is 13.4. The summed E-state index contributed by atoms with van der Waals surface area (Å²) < 4.78 is 40.8. The van der Waals surface area contributed by atoms with Gasteiger partial charge in [0.05, 0.1) is 0 Å². The maximum absolute atomic E-state index is 14.3. The highest BCUT2D eigenvalue weighted by molar-refractivity contribution is 7.89. The zero-order valence-electron chi connectivity index (χ0n) is 11.8. The van der Waals surface area contributed by atoms with Crippen molar-refractivity contribution >= 4 is 21.6 Å². The highest BCUT2D eigenvalue weighted by Crippen LogP contribution is 2.26. The minimum Gasteiger partial charge on any atom is -0.326 e. The van der Waals surface area contributed by atoms with Crippen molar-refractivity contribution in [3.8, 4) is 0 Å². The molecule has 1 aromatic carbocycles. The first-order valence-electron chi connectivity index (χ1n) is 6.80. The van der Waals surface area contributed by atoms with Gasteiger partial charge in [-0.25, -0.2) is 12.8 Å². The molecule has 0 aromatic heterocycles. The predicted molar refractivity (Wildman–Crippen MR) is 80.2 cm³/mol. The van der Waals surface area contributed by atoms with Crippen molar-refractivity contribution in [1.29, 1.82) is 0 Å². The Balaban J connectivity index is 2.34. The van der Waals surface area contributed by atoms with E-state index in [1.807, 2.05) is 6.92 Å². The summed E-state index contributed by atoms with van der Waals surface area (Å²) in [5.41, 5.74) is 5.54. The lowest BCUT2D eigenvalue weighted by atomic mass is 10.2. The second-order valence-electron chi connectivity index (χ2n) is 4.92. The number of hydrogen-bond donors (Lipinski definition) is 1. The monoisotopic (exact) mass is 335 g/mol. The number of benzene rings is 1. The van der Waals surface area contributed by atoms with Crippen molar-refractivity contribution in [3.05, 3.63) is 28.5 Å². The van der Waals surface area contributed by atoms with Crippen LogP contribution in [0.5, 0.6) is 0 Å². The fraction of sp³-hybridized carbons (Fsp3) is 0.538. The summed E-state index contributed by atoms with van der Waals surface area (Å²) in [5, 5.41) is 0.169. The topological polar surface area (TPSA) is 66.6 Å². The normalized spacial score (nSPS) is 18.1. The third-order valence-corrected chi connectivity index (χ3v) is 5.81. The number of nitrogens with zero attached hydrogens (tertiary/aromatic N) is 2. The first kappa shape index (κ1) is 16.6. The van der Waals surface area contributed by atoms with Crippen molar-refractivity contribution in [2.75, 3.05) is 32.7 Å². The van der Waals surface area contributed by atoms with Gasteiger partial charge in [0.15, 0.2) is 0 Å². The maximum atomic E-state index is 14.3.